The highest BCUT2D eigenvalue weighted by Gasteiger charge is 2.22. The van der Waals surface area contributed by atoms with Gasteiger partial charge in [0.2, 0.25) is 0 Å². The van der Waals surface area contributed by atoms with E-state index in [0.717, 1.165) is 44.8 Å². The molecule has 5 heteroatoms. The Hall–Kier alpha value is -6.01. The molecule has 9 rings (SSSR count). The summed E-state index contributed by atoms with van der Waals surface area (Å²) in [5.74, 6) is -0.183. The van der Waals surface area contributed by atoms with Crippen LogP contribution in [-0.4, -0.2) is 24.9 Å². The van der Waals surface area contributed by atoms with E-state index in [1.165, 1.54) is 36.5 Å². The van der Waals surface area contributed by atoms with E-state index < -0.39 is 0 Å². The van der Waals surface area contributed by atoms with Crippen molar-refractivity contribution in [3.05, 3.63) is 181 Å². The van der Waals surface area contributed by atoms with Crippen molar-refractivity contribution < 1.29 is 0 Å². The molecule has 2 N–H and O–H groups in total. The fraction of sp³-hybridized carbons (Fsp3) is 0.0652. The van der Waals surface area contributed by atoms with E-state index in [9.17, 15) is 0 Å². The first kappa shape index (κ1) is 32.2. The lowest BCUT2D eigenvalue weighted by Gasteiger charge is -2.27. The molecule has 0 radical (unpaired) electrons. The molecule has 8 aromatic rings. The molecule has 6 aromatic carbocycles. The Morgan fingerprint density at radius 1 is 0.686 bits per heavy atom. The lowest BCUT2D eigenvalue weighted by Crippen LogP contribution is -2.13. The summed E-state index contributed by atoms with van der Waals surface area (Å²) in [5.41, 5.74) is 9.82. The summed E-state index contributed by atoms with van der Waals surface area (Å²) in [7, 11) is 3.75. The van der Waals surface area contributed by atoms with Gasteiger partial charge in [0.15, 0.2) is 0 Å². The van der Waals surface area contributed by atoms with Crippen LogP contribution in [0.4, 0.5) is 11.4 Å². The summed E-state index contributed by atoms with van der Waals surface area (Å²) in [5, 5.41) is 16.3. The number of allylic oxidation sites excluding steroid dienone is 4. The van der Waals surface area contributed by atoms with Gasteiger partial charge in [0.05, 0.1) is 16.7 Å². The standard InChI is InChI=1S/C44H31N3S.C2H7N/c1-29-13-9-10-24-46(41-27-42-38(26-37(29)41)33-18-5-7-22-40(33)47(42)31-15-3-2-4-16-31)32-17-11-14-30(25-32)39(28-45)36-21-12-20-35-34-19-6-8-23-43(34)48-44(35)36;1-3-2/h2-28,39,45H,1H2;3H,1-2H3/b13-9-,24-10-,45-28?;. The van der Waals surface area contributed by atoms with Crippen LogP contribution in [-0.2, 0) is 0 Å². The number of rotatable bonds is 5. The molecule has 248 valence electrons. The third-order valence-corrected chi connectivity index (χ3v) is 10.7. The molecule has 0 fully saturated rings. The van der Waals surface area contributed by atoms with Crippen LogP contribution in [0.5, 0.6) is 0 Å². The minimum atomic E-state index is -0.183. The zero-order chi connectivity index (χ0) is 34.9. The van der Waals surface area contributed by atoms with E-state index in [0.29, 0.717) is 0 Å². The van der Waals surface area contributed by atoms with Gasteiger partial charge in [-0.25, -0.2) is 0 Å². The van der Waals surface area contributed by atoms with Gasteiger partial charge in [-0.2, -0.15) is 0 Å². The van der Waals surface area contributed by atoms with Gasteiger partial charge < -0.3 is 20.2 Å². The number of para-hydroxylation sites is 2. The van der Waals surface area contributed by atoms with Crippen molar-refractivity contribution >= 4 is 76.5 Å². The lowest BCUT2D eigenvalue weighted by atomic mass is 9.90. The molecule has 0 saturated heterocycles. The summed E-state index contributed by atoms with van der Waals surface area (Å²) in [6, 6.07) is 47.6. The Balaban J connectivity index is 0.00000121. The van der Waals surface area contributed by atoms with Crippen molar-refractivity contribution in [3.63, 3.8) is 0 Å². The van der Waals surface area contributed by atoms with E-state index >= 15 is 0 Å². The van der Waals surface area contributed by atoms with Gasteiger partial charge in [0.25, 0.3) is 0 Å². The summed E-state index contributed by atoms with van der Waals surface area (Å²) in [4.78, 5) is 2.26. The number of thiophene rings is 1. The lowest BCUT2D eigenvalue weighted by molar-refractivity contribution is 1.02. The van der Waals surface area contributed by atoms with Crippen molar-refractivity contribution in [2.24, 2.45) is 0 Å². The SMILES string of the molecule is C=C1/C=C\C=C/N(c2cccc(C(C=N)c3cccc4c3sc3ccccc34)c2)c2cc3c(cc21)c1ccccc1n3-c1ccccc1.CNC. The predicted molar refractivity (Wildman–Crippen MR) is 222 cm³/mol. The molecule has 4 nitrogen and oxygen atoms in total. The van der Waals surface area contributed by atoms with Crippen LogP contribution in [0.1, 0.15) is 22.6 Å². The maximum Gasteiger partial charge on any atom is 0.0562 e. The average Bonchev–Trinajstić information content (AvgIpc) is 3.71. The normalized spacial score (nSPS) is 14.5. The first-order chi connectivity index (χ1) is 25.1. The highest BCUT2D eigenvalue weighted by Crippen LogP contribution is 2.43. The Morgan fingerprint density at radius 3 is 2.22 bits per heavy atom. The van der Waals surface area contributed by atoms with Gasteiger partial charge in [-0.3, -0.25) is 0 Å². The maximum absolute atomic E-state index is 8.64. The smallest absolute Gasteiger partial charge is 0.0562 e. The molecule has 1 aliphatic heterocycles. The van der Waals surface area contributed by atoms with Gasteiger partial charge in [-0.05, 0) is 85.4 Å². The topological polar surface area (TPSA) is 44.1 Å². The number of hydrogen-bond acceptors (Lipinski definition) is 4. The minimum absolute atomic E-state index is 0.183. The second kappa shape index (κ2) is 13.7. The fourth-order valence-corrected chi connectivity index (χ4v) is 8.52. The summed E-state index contributed by atoms with van der Waals surface area (Å²) in [6.45, 7) is 4.50. The minimum Gasteiger partial charge on any atom is -0.323 e. The van der Waals surface area contributed by atoms with Gasteiger partial charge >= 0.3 is 0 Å². The third-order valence-electron chi connectivity index (χ3n) is 9.50. The zero-order valence-corrected chi connectivity index (χ0v) is 29.5. The molecule has 1 atom stereocenters. The van der Waals surface area contributed by atoms with Crippen molar-refractivity contribution in [2.75, 3.05) is 19.0 Å². The second-order valence-corrected chi connectivity index (χ2v) is 13.8. The van der Waals surface area contributed by atoms with Crippen LogP contribution in [0.2, 0.25) is 0 Å². The zero-order valence-electron chi connectivity index (χ0n) is 28.7. The number of anilines is 2. The summed E-state index contributed by atoms with van der Waals surface area (Å²) in [6.07, 6.45) is 9.93. The Bertz CT molecular complexity index is 2640. The molecule has 0 amide bonds. The number of fused-ring (bicyclic) bond motifs is 7. The van der Waals surface area contributed by atoms with Gasteiger partial charge in [-0.1, -0.05) is 104 Å². The molecule has 0 bridgehead atoms. The first-order valence-electron chi connectivity index (χ1n) is 17.2. The van der Waals surface area contributed by atoms with Crippen molar-refractivity contribution in [3.8, 4) is 5.69 Å². The number of nitrogens with one attached hydrogen (secondary N) is 2. The average molecular weight is 679 g/mol. The molecule has 3 heterocycles. The van der Waals surface area contributed by atoms with Crippen LogP contribution in [0.3, 0.4) is 0 Å². The molecule has 0 spiro atoms. The first-order valence-corrected chi connectivity index (χ1v) is 18.0. The van der Waals surface area contributed by atoms with Crippen LogP contribution in [0, 0.1) is 5.41 Å². The largest absolute Gasteiger partial charge is 0.323 e. The van der Waals surface area contributed by atoms with Crippen LogP contribution >= 0.6 is 11.3 Å². The van der Waals surface area contributed by atoms with Crippen LogP contribution in [0.25, 0.3) is 53.2 Å². The number of aromatic nitrogens is 1. The monoisotopic (exact) mass is 678 g/mol. The molecular weight excluding hydrogens is 641 g/mol. The van der Waals surface area contributed by atoms with E-state index in [-0.39, 0.29) is 5.92 Å². The quantitative estimate of drug-likeness (QED) is 0.178. The molecule has 1 aliphatic rings. The molecule has 0 aliphatic carbocycles. The summed E-state index contributed by atoms with van der Waals surface area (Å²) < 4.78 is 4.87. The summed E-state index contributed by atoms with van der Waals surface area (Å²) >= 11 is 1.81. The molecule has 1 unspecified atom stereocenters. The van der Waals surface area contributed by atoms with Crippen molar-refractivity contribution in [1.82, 2.24) is 9.88 Å². The molecule has 2 aromatic heterocycles. The Labute approximate surface area is 302 Å². The number of nitrogens with zero attached hydrogens (tertiary/aromatic N) is 2. The third kappa shape index (κ3) is 5.67. The van der Waals surface area contributed by atoms with Gasteiger partial charge in [0.1, 0.15) is 0 Å². The van der Waals surface area contributed by atoms with Crippen molar-refractivity contribution in [2.45, 2.75) is 5.92 Å². The Morgan fingerprint density at radius 2 is 1.39 bits per heavy atom. The van der Waals surface area contributed by atoms with Gasteiger partial charge in [0, 0.05) is 66.2 Å². The molecular formula is C46H38N4S. The van der Waals surface area contributed by atoms with E-state index in [1.54, 1.807) is 6.21 Å². The van der Waals surface area contributed by atoms with Crippen LogP contribution < -0.4 is 10.2 Å². The van der Waals surface area contributed by atoms with Gasteiger partial charge in [-0.15, -0.1) is 11.3 Å². The second-order valence-electron chi connectivity index (χ2n) is 12.7. The Kier molecular flexibility index (Phi) is 8.66. The van der Waals surface area contributed by atoms with E-state index in [4.69, 9.17) is 5.41 Å². The molecule has 51 heavy (non-hydrogen) atoms. The number of hydrogen-bond donors (Lipinski definition) is 2. The predicted octanol–water partition coefficient (Wildman–Crippen LogP) is 12.0. The molecule has 0 saturated carbocycles. The fourth-order valence-electron chi connectivity index (χ4n) is 7.27. The highest BCUT2D eigenvalue weighted by molar-refractivity contribution is 7.26. The van der Waals surface area contributed by atoms with Crippen LogP contribution in [0.15, 0.2) is 164 Å². The maximum atomic E-state index is 8.64. The van der Waals surface area contributed by atoms with E-state index in [1.807, 2.05) is 25.4 Å². The highest BCUT2D eigenvalue weighted by atomic mass is 32.1. The van der Waals surface area contributed by atoms with E-state index in [2.05, 4.69) is 179 Å². The van der Waals surface area contributed by atoms with Crippen molar-refractivity contribution in [1.29, 1.82) is 5.41 Å². The number of benzene rings is 6.